The van der Waals surface area contributed by atoms with Crippen molar-refractivity contribution in [3.05, 3.63) is 0 Å². The fourth-order valence-electron chi connectivity index (χ4n) is 0.676. The molecule has 0 aliphatic rings. The molecule has 0 aromatic carbocycles. The molecule has 0 fully saturated rings. The molecule has 12 heavy (non-hydrogen) atoms. The maximum Gasteiger partial charge on any atom is 0.210 e. The minimum atomic E-state index is -3.01. The molecular weight excluding hydrogens is 176 g/mol. The van der Waals surface area contributed by atoms with Crippen molar-refractivity contribution in [3.63, 3.8) is 0 Å². The normalized spacial score (nSPS) is 12.8. The minimum absolute atomic E-state index is 0.401. The predicted octanol–water partition coefficient (Wildman–Crippen LogP) is -0.124. The molecule has 0 bridgehead atoms. The van der Waals surface area contributed by atoms with Gasteiger partial charge in [0.1, 0.15) is 0 Å². The van der Waals surface area contributed by atoms with Gasteiger partial charge in [0.05, 0.1) is 6.26 Å². The lowest BCUT2D eigenvalue weighted by molar-refractivity contribution is 0.451. The molecule has 0 aromatic rings. The van der Waals surface area contributed by atoms with Gasteiger partial charge in [0.15, 0.2) is 0 Å². The zero-order valence-electron chi connectivity index (χ0n) is 8.16. The van der Waals surface area contributed by atoms with Gasteiger partial charge in [-0.25, -0.2) is 12.7 Å². The lowest BCUT2D eigenvalue weighted by atomic mass is 10.4. The second-order valence-electron chi connectivity index (χ2n) is 3.19. The van der Waals surface area contributed by atoms with E-state index in [0.29, 0.717) is 19.1 Å². The second kappa shape index (κ2) is 4.79. The lowest BCUT2D eigenvalue weighted by Crippen LogP contribution is -2.35. The Bertz CT molecular complexity index is 211. The van der Waals surface area contributed by atoms with Crippen molar-refractivity contribution in [2.75, 3.05) is 26.4 Å². The maximum absolute atomic E-state index is 10.9. The van der Waals surface area contributed by atoms with E-state index in [9.17, 15) is 8.42 Å². The van der Waals surface area contributed by atoms with Gasteiger partial charge in [-0.3, -0.25) is 0 Å². The zero-order chi connectivity index (χ0) is 9.78. The molecule has 74 valence electrons. The standard InChI is InChI=1S/C7H18N2O2S/c1-7(2)8-5-6-9(3)12(4,10)11/h7-8H,5-6H2,1-4H3. The van der Waals surface area contributed by atoms with Gasteiger partial charge in [0.25, 0.3) is 0 Å². The molecule has 0 rings (SSSR count). The van der Waals surface area contributed by atoms with E-state index in [0.717, 1.165) is 0 Å². The summed E-state index contributed by atoms with van der Waals surface area (Å²) in [5, 5.41) is 3.14. The summed E-state index contributed by atoms with van der Waals surface area (Å²) in [4.78, 5) is 0. The van der Waals surface area contributed by atoms with Crippen LogP contribution in [0.3, 0.4) is 0 Å². The van der Waals surface area contributed by atoms with Crippen LogP contribution >= 0.6 is 0 Å². The maximum atomic E-state index is 10.9. The van der Waals surface area contributed by atoms with Gasteiger partial charge >= 0.3 is 0 Å². The molecule has 1 N–H and O–H groups in total. The highest BCUT2D eigenvalue weighted by atomic mass is 32.2. The van der Waals surface area contributed by atoms with Crippen LogP contribution in [0, 0.1) is 0 Å². The van der Waals surface area contributed by atoms with Gasteiger partial charge < -0.3 is 5.32 Å². The Hall–Kier alpha value is -0.130. The minimum Gasteiger partial charge on any atom is -0.313 e. The smallest absolute Gasteiger partial charge is 0.210 e. The Morgan fingerprint density at radius 3 is 2.25 bits per heavy atom. The van der Waals surface area contributed by atoms with E-state index < -0.39 is 10.0 Å². The molecule has 4 nitrogen and oxygen atoms in total. The highest BCUT2D eigenvalue weighted by molar-refractivity contribution is 7.88. The van der Waals surface area contributed by atoms with Crippen LogP contribution < -0.4 is 5.32 Å². The van der Waals surface area contributed by atoms with E-state index >= 15 is 0 Å². The van der Waals surface area contributed by atoms with E-state index in [1.807, 2.05) is 13.8 Å². The van der Waals surface area contributed by atoms with Crippen LogP contribution in [0.4, 0.5) is 0 Å². The molecule has 0 radical (unpaired) electrons. The lowest BCUT2D eigenvalue weighted by Gasteiger charge is -2.15. The first-order chi connectivity index (χ1) is 5.34. The Balaban J connectivity index is 3.66. The van der Waals surface area contributed by atoms with Crippen LogP contribution in [-0.4, -0.2) is 45.2 Å². The molecule has 0 aliphatic carbocycles. The third-order valence-electron chi connectivity index (χ3n) is 1.55. The number of hydrogen-bond acceptors (Lipinski definition) is 3. The zero-order valence-corrected chi connectivity index (χ0v) is 8.98. The summed E-state index contributed by atoms with van der Waals surface area (Å²) in [6.45, 7) is 5.28. The molecule has 5 heteroatoms. The molecular formula is C7H18N2O2S. The number of nitrogens with zero attached hydrogens (tertiary/aromatic N) is 1. The average Bonchev–Trinajstić information content (AvgIpc) is 1.84. The van der Waals surface area contributed by atoms with Crippen LogP contribution in [0.2, 0.25) is 0 Å². The highest BCUT2D eigenvalue weighted by Gasteiger charge is 2.09. The Morgan fingerprint density at radius 1 is 1.42 bits per heavy atom. The van der Waals surface area contributed by atoms with Gasteiger partial charge in [-0.2, -0.15) is 0 Å². The molecule has 0 saturated heterocycles. The average molecular weight is 194 g/mol. The van der Waals surface area contributed by atoms with Crippen molar-refractivity contribution >= 4 is 10.0 Å². The molecule has 0 unspecified atom stereocenters. The quantitative estimate of drug-likeness (QED) is 0.663. The molecule has 0 aliphatic heterocycles. The van der Waals surface area contributed by atoms with Crippen LogP contribution in [0.15, 0.2) is 0 Å². The molecule has 0 atom stereocenters. The summed E-state index contributed by atoms with van der Waals surface area (Å²) in [5.41, 5.74) is 0. The van der Waals surface area contributed by atoms with Gasteiger partial charge in [0.2, 0.25) is 10.0 Å². The number of nitrogens with one attached hydrogen (secondary N) is 1. The third kappa shape index (κ3) is 5.51. The summed E-state index contributed by atoms with van der Waals surface area (Å²) in [5.74, 6) is 0. The summed E-state index contributed by atoms with van der Waals surface area (Å²) in [7, 11) is -1.43. The predicted molar refractivity (Wildman–Crippen MR) is 50.6 cm³/mol. The fraction of sp³-hybridized carbons (Fsp3) is 1.00. The van der Waals surface area contributed by atoms with Crippen molar-refractivity contribution in [1.29, 1.82) is 0 Å². The Morgan fingerprint density at radius 2 is 1.92 bits per heavy atom. The topological polar surface area (TPSA) is 49.4 Å². The van der Waals surface area contributed by atoms with E-state index in [1.54, 1.807) is 7.05 Å². The second-order valence-corrected chi connectivity index (χ2v) is 5.28. The van der Waals surface area contributed by atoms with Crippen LogP contribution in [0.1, 0.15) is 13.8 Å². The third-order valence-corrected chi connectivity index (χ3v) is 2.86. The van der Waals surface area contributed by atoms with Crippen molar-refractivity contribution in [1.82, 2.24) is 9.62 Å². The largest absolute Gasteiger partial charge is 0.313 e. The van der Waals surface area contributed by atoms with Crippen LogP contribution in [0.25, 0.3) is 0 Å². The van der Waals surface area contributed by atoms with Crippen molar-refractivity contribution in [2.45, 2.75) is 19.9 Å². The van der Waals surface area contributed by atoms with Gasteiger partial charge in [-0.05, 0) is 0 Å². The molecule has 0 heterocycles. The number of hydrogen-bond donors (Lipinski definition) is 1. The van der Waals surface area contributed by atoms with E-state index in [-0.39, 0.29) is 0 Å². The summed E-state index contributed by atoms with van der Waals surface area (Å²) in [6, 6.07) is 0.401. The molecule has 0 amide bonds. The molecule has 0 aromatic heterocycles. The van der Waals surface area contributed by atoms with Gasteiger partial charge in [-0.1, -0.05) is 13.8 Å². The highest BCUT2D eigenvalue weighted by Crippen LogP contribution is 1.90. The van der Waals surface area contributed by atoms with Crippen molar-refractivity contribution < 1.29 is 8.42 Å². The van der Waals surface area contributed by atoms with E-state index in [2.05, 4.69) is 5.32 Å². The first-order valence-corrected chi connectivity index (χ1v) is 5.83. The van der Waals surface area contributed by atoms with Crippen molar-refractivity contribution in [2.24, 2.45) is 0 Å². The Labute approximate surface area is 75.0 Å². The summed E-state index contributed by atoms with van der Waals surface area (Å²) >= 11 is 0. The van der Waals surface area contributed by atoms with Gasteiger partial charge in [0, 0.05) is 26.2 Å². The Kier molecular flexibility index (Phi) is 4.74. The van der Waals surface area contributed by atoms with Crippen LogP contribution in [0.5, 0.6) is 0 Å². The van der Waals surface area contributed by atoms with E-state index in [4.69, 9.17) is 0 Å². The monoisotopic (exact) mass is 194 g/mol. The molecule has 0 spiro atoms. The first kappa shape index (κ1) is 11.9. The molecule has 0 saturated carbocycles. The van der Waals surface area contributed by atoms with Crippen molar-refractivity contribution in [3.8, 4) is 0 Å². The van der Waals surface area contributed by atoms with Crippen LogP contribution in [-0.2, 0) is 10.0 Å². The van der Waals surface area contributed by atoms with Gasteiger partial charge in [-0.15, -0.1) is 0 Å². The number of rotatable bonds is 5. The van der Waals surface area contributed by atoms with E-state index in [1.165, 1.54) is 10.6 Å². The fourth-order valence-corrected chi connectivity index (χ4v) is 1.10. The first-order valence-electron chi connectivity index (χ1n) is 3.98. The SMILES string of the molecule is CC(C)NCCN(C)S(C)(=O)=O. The number of likely N-dealkylation sites (N-methyl/N-ethyl adjacent to an activating group) is 1. The number of sulfonamides is 1. The summed E-state index contributed by atoms with van der Waals surface area (Å²) in [6.07, 6.45) is 1.21. The summed E-state index contributed by atoms with van der Waals surface area (Å²) < 4.78 is 23.1.